The van der Waals surface area contributed by atoms with Gasteiger partial charge in [-0.3, -0.25) is 9.09 Å². The molecule has 0 bridgehead atoms. The number of halogens is 1. The van der Waals surface area contributed by atoms with Gasteiger partial charge in [0.25, 0.3) is 0 Å². The van der Waals surface area contributed by atoms with Crippen LogP contribution in [0.3, 0.4) is 0 Å². The molecule has 0 amide bonds. The summed E-state index contributed by atoms with van der Waals surface area (Å²) in [6.07, 6.45) is 1.26. The highest BCUT2D eigenvalue weighted by Crippen LogP contribution is 2.41. The molecule has 0 aliphatic heterocycles. The van der Waals surface area contributed by atoms with E-state index in [2.05, 4.69) is 11.1 Å². The number of rotatable bonds is 4. The summed E-state index contributed by atoms with van der Waals surface area (Å²) in [5.74, 6) is 0. The quantitative estimate of drug-likeness (QED) is 0.396. The number of hydrogen-bond acceptors (Lipinski definition) is 2. The van der Waals surface area contributed by atoms with Crippen molar-refractivity contribution >= 4 is 19.2 Å². The third kappa shape index (κ3) is 4.67. The van der Waals surface area contributed by atoms with E-state index in [0.29, 0.717) is 0 Å². The summed E-state index contributed by atoms with van der Waals surface area (Å²) in [5.41, 5.74) is 0. The summed E-state index contributed by atoms with van der Waals surface area (Å²) in [6.45, 7) is 3.27. The van der Waals surface area contributed by atoms with Crippen LogP contribution in [0.5, 0.6) is 0 Å². The summed E-state index contributed by atoms with van der Waals surface area (Å²) in [5, 5.41) is 0. The lowest BCUT2D eigenvalue weighted by atomic mass is 10.8. The van der Waals surface area contributed by atoms with Crippen LogP contribution in [0, 0.1) is 0 Å². The van der Waals surface area contributed by atoms with Crippen LogP contribution >= 0.6 is 19.2 Å². The fourth-order valence-electron chi connectivity index (χ4n) is 0.292. The first kappa shape index (κ1) is 9.18. The van der Waals surface area contributed by atoms with Gasteiger partial charge in [0.2, 0.25) is 0 Å². The molecule has 3 nitrogen and oxygen atoms in total. The lowest BCUT2D eigenvalue weighted by Gasteiger charge is -2.05. The van der Waals surface area contributed by atoms with Crippen molar-refractivity contribution in [1.29, 1.82) is 0 Å². The van der Waals surface area contributed by atoms with Gasteiger partial charge in [-0.1, -0.05) is 17.7 Å². The minimum atomic E-state index is -3.44. The Labute approximate surface area is 58.8 Å². The highest BCUT2D eigenvalue weighted by Gasteiger charge is 2.14. The molecule has 0 aliphatic rings. The molecule has 0 aromatic heterocycles. The maximum Gasteiger partial charge on any atom is 0.332 e. The molecule has 0 aromatic rings. The molecule has 0 aliphatic carbocycles. The monoisotopic (exact) mass is 170 g/mol. The molecule has 5 heteroatoms. The average molecular weight is 171 g/mol. The van der Waals surface area contributed by atoms with Crippen molar-refractivity contribution in [2.45, 2.75) is 0 Å². The number of alkyl halides is 1. The van der Waals surface area contributed by atoms with Crippen LogP contribution in [0.2, 0.25) is 0 Å². The number of allylic oxidation sites excluding steroid dienone is 1. The number of hydrogen-bond donors (Lipinski definition) is 1. The van der Waals surface area contributed by atoms with E-state index in [4.69, 9.17) is 16.5 Å². The Morgan fingerprint density at radius 2 is 2.44 bits per heavy atom. The van der Waals surface area contributed by atoms with Crippen molar-refractivity contribution in [2.75, 3.05) is 12.2 Å². The third-order valence-electron chi connectivity index (χ3n) is 0.610. The van der Waals surface area contributed by atoms with Crippen LogP contribution in [0.1, 0.15) is 0 Å². The highest BCUT2D eigenvalue weighted by molar-refractivity contribution is 7.53. The Kier molecular flexibility index (Phi) is 4.15. The summed E-state index contributed by atoms with van der Waals surface area (Å²) in [7, 11) is -3.44. The molecule has 0 saturated heterocycles. The smallest absolute Gasteiger partial charge is 0.324 e. The summed E-state index contributed by atoms with van der Waals surface area (Å²) in [4.78, 5) is 8.69. The predicted molar refractivity (Wildman–Crippen MR) is 36.7 cm³/mol. The molecular formula is C4H8ClO3P. The SMILES string of the molecule is C=CCP(=O)(O)OCCl. The van der Waals surface area contributed by atoms with E-state index in [-0.39, 0.29) is 12.2 Å². The van der Waals surface area contributed by atoms with Crippen LogP contribution in [-0.2, 0) is 9.09 Å². The predicted octanol–water partition coefficient (Wildman–Crippen LogP) is 1.57. The molecule has 0 aromatic carbocycles. The standard InChI is InChI=1S/C4H8ClO3P/c1-2-3-9(6,7)8-4-5/h2H,1,3-4H2,(H,6,7). The zero-order chi connectivity index (χ0) is 7.33. The van der Waals surface area contributed by atoms with Crippen LogP contribution < -0.4 is 0 Å². The summed E-state index contributed by atoms with van der Waals surface area (Å²) in [6, 6.07) is -0.262. The first-order valence-electron chi connectivity index (χ1n) is 2.25. The molecule has 54 valence electrons. The Hall–Kier alpha value is 0.180. The van der Waals surface area contributed by atoms with Gasteiger partial charge in [0.1, 0.15) is 6.07 Å². The van der Waals surface area contributed by atoms with Gasteiger partial charge >= 0.3 is 7.60 Å². The Morgan fingerprint density at radius 1 is 1.89 bits per heavy atom. The van der Waals surface area contributed by atoms with Crippen molar-refractivity contribution < 1.29 is 14.0 Å². The maximum absolute atomic E-state index is 10.6. The molecule has 9 heavy (non-hydrogen) atoms. The van der Waals surface area contributed by atoms with E-state index in [1.54, 1.807) is 0 Å². The molecule has 1 atom stereocenters. The molecular weight excluding hydrogens is 162 g/mol. The van der Waals surface area contributed by atoms with Crippen LogP contribution in [-0.4, -0.2) is 17.1 Å². The Balaban J connectivity index is 3.71. The molecule has 1 N–H and O–H groups in total. The first-order valence-corrected chi connectivity index (χ1v) is 4.55. The molecule has 0 heterocycles. The maximum atomic E-state index is 10.6. The molecule has 1 unspecified atom stereocenters. The summed E-state index contributed by atoms with van der Waals surface area (Å²) >= 11 is 5.03. The fraction of sp³-hybridized carbons (Fsp3) is 0.500. The van der Waals surface area contributed by atoms with Crippen molar-refractivity contribution in [3.8, 4) is 0 Å². The zero-order valence-electron chi connectivity index (χ0n) is 4.79. The fourth-order valence-corrected chi connectivity index (χ4v) is 1.33. The van der Waals surface area contributed by atoms with E-state index >= 15 is 0 Å². The van der Waals surface area contributed by atoms with Gasteiger partial charge in [-0.05, 0) is 0 Å². The van der Waals surface area contributed by atoms with Crippen LogP contribution in [0.25, 0.3) is 0 Å². The summed E-state index contributed by atoms with van der Waals surface area (Å²) < 4.78 is 14.9. The Morgan fingerprint density at radius 3 is 2.78 bits per heavy atom. The first-order chi connectivity index (χ1) is 4.12. The third-order valence-corrected chi connectivity index (χ3v) is 2.12. The zero-order valence-corrected chi connectivity index (χ0v) is 6.44. The largest absolute Gasteiger partial charge is 0.332 e. The van der Waals surface area contributed by atoms with Crippen molar-refractivity contribution in [2.24, 2.45) is 0 Å². The molecule has 0 fully saturated rings. The van der Waals surface area contributed by atoms with Gasteiger partial charge in [0, 0.05) is 0 Å². The van der Waals surface area contributed by atoms with Crippen molar-refractivity contribution in [3.63, 3.8) is 0 Å². The van der Waals surface area contributed by atoms with Gasteiger partial charge in [0.15, 0.2) is 0 Å². The van der Waals surface area contributed by atoms with Gasteiger partial charge in [0.05, 0.1) is 6.16 Å². The lowest BCUT2D eigenvalue weighted by Crippen LogP contribution is -1.89. The molecule has 0 rings (SSSR count). The lowest BCUT2D eigenvalue weighted by molar-refractivity contribution is 0.304. The molecule has 0 saturated carbocycles. The van der Waals surface area contributed by atoms with Gasteiger partial charge in [-0.2, -0.15) is 0 Å². The minimum Gasteiger partial charge on any atom is -0.324 e. The van der Waals surface area contributed by atoms with Gasteiger partial charge < -0.3 is 4.89 Å². The normalized spacial score (nSPS) is 16.7. The van der Waals surface area contributed by atoms with E-state index in [1.807, 2.05) is 0 Å². The van der Waals surface area contributed by atoms with Crippen LogP contribution in [0.15, 0.2) is 12.7 Å². The minimum absolute atomic E-state index is 0.0558. The second kappa shape index (κ2) is 4.07. The topological polar surface area (TPSA) is 46.5 Å². The molecule has 0 spiro atoms. The second-order valence-corrected chi connectivity index (χ2v) is 3.46. The van der Waals surface area contributed by atoms with Gasteiger partial charge in [-0.25, -0.2) is 0 Å². The van der Waals surface area contributed by atoms with E-state index in [9.17, 15) is 4.57 Å². The highest BCUT2D eigenvalue weighted by atomic mass is 35.5. The van der Waals surface area contributed by atoms with Crippen LogP contribution in [0.4, 0.5) is 0 Å². The van der Waals surface area contributed by atoms with E-state index in [1.165, 1.54) is 6.08 Å². The average Bonchev–Trinajstić information content (AvgIpc) is 1.64. The Bertz CT molecular complexity index is 136. The van der Waals surface area contributed by atoms with E-state index in [0.717, 1.165) is 0 Å². The van der Waals surface area contributed by atoms with Crippen molar-refractivity contribution in [3.05, 3.63) is 12.7 Å². The second-order valence-electron chi connectivity index (χ2n) is 1.35. The van der Waals surface area contributed by atoms with E-state index < -0.39 is 7.60 Å². The van der Waals surface area contributed by atoms with Crippen molar-refractivity contribution in [1.82, 2.24) is 0 Å². The molecule has 0 radical (unpaired) electrons. The van der Waals surface area contributed by atoms with Gasteiger partial charge in [-0.15, -0.1) is 6.58 Å².